The summed E-state index contributed by atoms with van der Waals surface area (Å²) in [6.07, 6.45) is 0.910. The maximum atomic E-state index is 13.4. The number of nitrogens with zero attached hydrogens (tertiary/aromatic N) is 2. The van der Waals surface area contributed by atoms with Crippen LogP contribution in [0.5, 0.6) is 0 Å². The van der Waals surface area contributed by atoms with Crippen molar-refractivity contribution in [3.8, 4) is 11.3 Å². The highest BCUT2D eigenvalue weighted by atomic mass is 19.1. The minimum atomic E-state index is -0.315. The van der Waals surface area contributed by atoms with Gasteiger partial charge >= 0.3 is 6.09 Å². The fourth-order valence-corrected chi connectivity index (χ4v) is 2.65. The van der Waals surface area contributed by atoms with Crippen LogP contribution in [-0.2, 0) is 17.6 Å². The summed E-state index contributed by atoms with van der Waals surface area (Å²) in [5, 5.41) is 4.09. The summed E-state index contributed by atoms with van der Waals surface area (Å²) in [4.78, 5) is 13.5. The second-order valence-corrected chi connectivity index (χ2v) is 5.13. The first-order chi connectivity index (χ1) is 10.7. The van der Waals surface area contributed by atoms with E-state index in [9.17, 15) is 9.18 Å². The number of halogens is 1. The lowest BCUT2D eigenvalue weighted by molar-refractivity contribution is 0.108. The van der Waals surface area contributed by atoms with E-state index in [0.29, 0.717) is 43.9 Å². The largest absolute Gasteiger partial charge is 0.450 e. The number of fused-ring (bicyclic) bond motifs is 1. The molecule has 1 aromatic carbocycles. The number of carbonyl (C=O) groups is 1. The molecule has 0 unspecified atom stereocenters. The first kappa shape index (κ1) is 14.6. The summed E-state index contributed by atoms with van der Waals surface area (Å²) >= 11 is 0. The maximum absolute atomic E-state index is 13.4. The smallest absolute Gasteiger partial charge is 0.409 e. The number of benzene rings is 1. The van der Waals surface area contributed by atoms with Gasteiger partial charge in [0.05, 0.1) is 12.3 Å². The maximum Gasteiger partial charge on any atom is 0.409 e. The Hall–Kier alpha value is -2.37. The molecule has 0 aliphatic carbocycles. The summed E-state index contributed by atoms with van der Waals surface area (Å²) in [6.45, 7) is 3.22. The Bertz CT molecular complexity index is 684. The highest BCUT2D eigenvalue weighted by Gasteiger charge is 2.25. The van der Waals surface area contributed by atoms with Crippen molar-refractivity contribution >= 4 is 6.09 Å². The SMILES string of the molecule is CCOC(=O)N1CCc2noc(-c3cccc(F)c3)c2CC1. The lowest BCUT2D eigenvalue weighted by Crippen LogP contribution is -2.33. The van der Waals surface area contributed by atoms with Crippen molar-refractivity contribution in [2.75, 3.05) is 19.7 Å². The zero-order valence-electron chi connectivity index (χ0n) is 12.3. The molecule has 0 N–H and O–H groups in total. The van der Waals surface area contributed by atoms with E-state index in [2.05, 4.69) is 5.16 Å². The van der Waals surface area contributed by atoms with Gasteiger partial charge in [0, 0.05) is 30.6 Å². The van der Waals surface area contributed by atoms with Crippen LogP contribution in [0.4, 0.5) is 9.18 Å². The molecule has 5 nitrogen and oxygen atoms in total. The molecule has 0 fully saturated rings. The quantitative estimate of drug-likeness (QED) is 0.855. The van der Waals surface area contributed by atoms with E-state index in [1.165, 1.54) is 12.1 Å². The average molecular weight is 304 g/mol. The van der Waals surface area contributed by atoms with Gasteiger partial charge in [-0.3, -0.25) is 0 Å². The molecule has 1 amide bonds. The lowest BCUT2D eigenvalue weighted by Gasteiger charge is -2.18. The molecule has 0 atom stereocenters. The summed E-state index contributed by atoms with van der Waals surface area (Å²) in [7, 11) is 0. The zero-order chi connectivity index (χ0) is 15.5. The van der Waals surface area contributed by atoms with Crippen molar-refractivity contribution in [2.24, 2.45) is 0 Å². The van der Waals surface area contributed by atoms with Crippen molar-refractivity contribution in [3.63, 3.8) is 0 Å². The molecule has 0 spiro atoms. The summed E-state index contributed by atoms with van der Waals surface area (Å²) in [6, 6.07) is 6.24. The molecule has 2 aromatic rings. The summed E-state index contributed by atoms with van der Waals surface area (Å²) in [5.41, 5.74) is 2.43. The summed E-state index contributed by atoms with van der Waals surface area (Å²) < 4.78 is 23.8. The predicted molar refractivity (Wildman–Crippen MR) is 77.9 cm³/mol. The van der Waals surface area contributed by atoms with E-state index in [0.717, 1.165) is 11.3 Å². The second-order valence-electron chi connectivity index (χ2n) is 5.13. The number of hydrogen-bond donors (Lipinski definition) is 0. The molecule has 1 aromatic heterocycles. The van der Waals surface area contributed by atoms with Crippen LogP contribution in [0.2, 0.25) is 0 Å². The standard InChI is InChI=1S/C16H17FN2O3/c1-2-21-16(20)19-8-6-13-14(7-9-19)18-22-15(13)11-4-3-5-12(17)10-11/h3-5,10H,2,6-9H2,1H3. The molecule has 0 saturated heterocycles. The van der Waals surface area contributed by atoms with Crippen LogP contribution in [0.25, 0.3) is 11.3 Å². The van der Waals surface area contributed by atoms with E-state index >= 15 is 0 Å². The molecule has 0 radical (unpaired) electrons. The lowest BCUT2D eigenvalue weighted by atomic mass is 10.0. The van der Waals surface area contributed by atoms with Crippen LogP contribution < -0.4 is 0 Å². The first-order valence-corrected chi connectivity index (χ1v) is 7.34. The Labute approximate surface area is 127 Å². The van der Waals surface area contributed by atoms with Gasteiger partial charge < -0.3 is 14.2 Å². The minimum Gasteiger partial charge on any atom is -0.450 e. The van der Waals surface area contributed by atoms with Crippen LogP contribution in [0.1, 0.15) is 18.2 Å². The molecule has 0 saturated carbocycles. The predicted octanol–water partition coefficient (Wildman–Crippen LogP) is 3.04. The number of ether oxygens (including phenoxy) is 1. The molecule has 0 bridgehead atoms. The Kier molecular flexibility index (Phi) is 4.09. The third-order valence-electron chi connectivity index (χ3n) is 3.73. The number of rotatable bonds is 2. The van der Waals surface area contributed by atoms with Crippen LogP contribution in [0.3, 0.4) is 0 Å². The molecule has 1 aliphatic rings. The average Bonchev–Trinajstić information content (AvgIpc) is 2.79. The normalized spacial score (nSPS) is 14.4. The minimum absolute atomic E-state index is 0.308. The first-order valence-electron chi connectivity index (χ1n) is 7.34. The van der Waals surface area contributed by atoms with Gasteiger partial charge in [-0.15, -0.1) is 0 Å². The highest BCUT2D eigenvalue weighted by molar-refractivity contribution is 5.68. The third kappa shape index (κ3) is 2.81. The van der Waals surface area contributed by atoms with E-state index in [4.69, 9.17) is 9.26 Å². The monoisotopic (exact) mass is 304 g/mol. The second kappa shape index (κ2) is 6.17. The number of amides is 1. The van der Waals surface area contributed by atoms with Crippen LogP contribution in [0, 0.1) is 5.82 Å². The van der Waals surface area contributed by atoms with Crippen LogP contribution >= 0.6 is 0 Å². The Balaban J connectivity index is 1.84. The van der Waals surface area contributed by atoms with E-state index in [1.807, 2.05) is 0 Å². The topological polar surface area (TPSA) is 55.6 Å². The highest BCUT2D eigenvalue weighted by Crippen LogP contribution is 2.29. The molecule has 116 valence electrons. The van der Waals surface area contributed by atoms with Gasteiger partial charge in [0.15, 0.2) is 5.76 Å². The van der Waals surface area contributed by atoms with Gasteiger partial charge in [0.25, 0.3) is 0 Å². The van der Waals surface area contributed by atoms with Crippen molar-refractivity contribution in [1.29, 1.82) is 0 Å². The third-order valence-corrected chi connectivity index (χ3v) is 3.73. The fourth-order valence-electron chi connectivity index (χ4n) is 2.65. The molecule has 6 heteroatoms. The van der Waals surface area contributed by atoms with Crippen molar-refractivity contribution in [1.82, 2.24) is 10.1 Å². The number of hydrogen-bond acceptors (Lipinski definition) is 4. The Morgan fingerprint density at radius 2 is 2.23 bits per heavy atom. The van der Waals surface area contributed by atoms with Crippen molar-refractivity contribution < 1.29 is 18.4 Å². The van der Waals surface area contributed by atoms with Gasteiger partial charge in [0.2, 0.25) is 0 Å². The van der Waals surface area contributed by atoms with Crippen LogP contribution in [0.15, 0.2) is 28.8 Å². The molecule has 22 heavy (non-hydrogen) atoms. The van der Waals surface area contributed by atoms with E-state index in [1.54, 1.807) is 24.0 Å². The zero-order valence-corrected chi connectivity index (χ0v) is 12.3. The van der Waals surface area contributed by atoms with Gasteiger partial charge in [-0.25, -0.2) is 9.18 Å². The molecular formula is C16H17FN2O3. The van der Waals surface area contributed by atoms with Crippen molar-refractivity contribution in [2.45, 2.75) is 19.8 Å². The van der Waals surface area contributed by atoms with Gasteiger partial charge in [-0.2, -0.15) is 0 Å². The summed E-state index contributed by atoms with van der Waals surface area (Å²) in [5.74, 6) is 0.268. The molecule has 2 heterocycles. The number of aromatic nitrogens is 1. The molecule has 1 aliphatic heterocycles. The molecular weight excluding hydrogens is 287 g/mol. The van der Waals surface area contributed by atoms with Crippen LogP contribution in [-0.4, -0.2) is 35.8 Å². The van der Waals surface area contributed by atoms with E-state index in [-0.39, 0.29) is 11.9 Å². The van der Waals surface area contributed by atoms with E-state index < -0.39 is 0 Å². The molecule has 3 rings (SSSR count). The van der Waals surface area contributed by atoms with Gasteiger partial charge in [-0.05, 0) is 25.5 Å². The number of carbonyl (C=O) groups excluding carboxylic acids is 1. The van der Waals surface area contributed by atoms with Crippen molar-refractivity contribution in [3.05, 3.63) is 41.3 Å². The fraction of sp³-hybridized carbons (Fsp3) is 0.375. The van der Waals surface area contributed by atoms with Gasteiger partial charge in [-0.1, -0.05) is 17.3 Å². The van der Waals surface area contributed by atoms with Gasteiger partial charge in [0.1, 0.15) is 5.82 Å². The Morgan fingerprint density at radius 3 is 3.00 bits per heavy atom. The Morgan fingerprint density at radius 1 is 1.41 bits per heavy atom.